The Morgan fingerprint density at radius 3 is 1.72 bits per heavy atom. The van der Waals surface area contributed by atoms with Gasteiger partial charge in [0.2, 0.25) is 0 Å². The van der Waals surface area contributed by atoms with Crippen LogP contribution < -0.4 is 0 Å². The Balaban J connectivity index is 0.000000607. The first-order chi connectivity index (χ1) is 15.3. The van der Waals surface area contributed by atoms with Crippen LogP contribution >= 0.6 is 11.8 Å². The number of carbonyl (C=O) groups is 1. The van der Waals surface area contributed by atoms with Gasteiger partial charge in [0.1, 0.15) is 4.75 Å². The molecule has 1 aliphatic rings. The summed E-state index contributed by atoms with van der Waals surface area (Å²) in [5.41, 5.74) is 0. The van der Waals surface area contributed by atoms with Crippen molar-refractivity contribution in [2.45, 2.75) is 63.8 Å². The molecule has 192 valence electrons. The highest BCUT2D eigenvalue weighted by atomic mass is 32.2. The molecule has 32 heavy (non-hydrogen) atoms. The number of thioether (sulfide) groups is 1. The Bertz CT molecular complexity index is 466. The SMILES string of the molecule is CCO[Si](CCCCO)(OCC)OCC.CO[Si](CCCOC(=O)C1(C)CS1)(OC)OC. The molecule has 0 aliphatic carbocycles. The molecule has 0 aromatic heterocycles. The summed E-state index contributed by atoms with van der Waals surface area (Å²) in [5.74, 6) is 0.737. The van der Waals surface area contributed by atoms with Crippen LogP contribution in [0.4, 0.5) is 0 Å². The van der Waals surface area contributed by atoms with E-state index < -0.39 is 17.6 Å². The van der Waals surface area contributed by atoms with Gasteiger partial charge in [0, 0.05) is 65.6 Å². The maximum Gasteiger partial charge on any atom is 0.500 e. The van der Waals surface area contributed by atoms with Gasteiger partial charge >= 0.3 is 23.6 Å². The van der Waals surface area contributed by atoms with Gasteiger partial charge in [-0.3, -0.25) is 4.79 Å². The average Bonchev–Trinajstić information content (AvgIpc) is 3.54. The predicted octanol–water partition coefficient (Wildman–Crippen LogP) is 3.11. The molecule has 1 heterocycles. The van der Waals surface area contributed by atoms with E-state index in [0.717, 1.165) is 24.6 Å². The smallest absolute Gasteiger partial charge is 0.465 e. The van der Waals surface area contributed by atoms with Crippen LogP contribution in [0.2, 0.25) is 12.1 Å². The summed E-state index contributed by atoms with van der Waals surface area (Å²) in [6, 6.07) is 1.44. The lowest BCUT2D eigenvalue weighted by molar-refractivity contribution is -0.144. The van der Waals surface area contributed by atoms with Crippen LogP contribution in [0.25, 0.3) is 0 Å². The van der Waals surface area contributed by atoms with Crippen molar-refractivity contribution in [2.24, 2.45) is 0 Å². The van der Waals surface area contributed by atoms with Gasteiger partial charge in [-0.05, 0) is 47.0 Å². The molecule has 1 fully saturated rings. The quantitative estimate of drug-likeness (QED) is 0.126. The third-order valence-electron chi connectivity index (χ3n) is 4.79. The molecule has 0 radical (unpaired) electrons. The number of hydrogen-bond donors (Lipinski definition) is 1. The van der Waals surface area contributed by atoms with Crippen molar-refractivity contribution in [3.63, 3.8) is 0 Å². The van der Waals surface area contributed by atoms with Gasteiger partial charge in [0.15, 0.2) is 0 Å². The summed E-state index contributed by atoms with van der Waals surface area (Å²) in [7, 11) is -0.231. The molecule has 1 saturated heterocycles. The third-order valence-corrected chi connectivity index (χ3v) is 12.1. The summed E-state index contributed by atoms with van der Waals surface area (Å²) < 4.78 is 37.7. The normalized spacial score (nSPS) is 18.1. The van der Waals surface area contributed by atoms with E-state index in [0.29, 0.717) is 38.9 Å². The van der Waals surface area contributed by atoms with Gasteiger partial charge < -0.3 is 36.4 Å². The largest absolute Gasteiger partial charge is 0.500 e. The lowest BCUT2D eigenvalue weighted by Gasteiger charge is -2.28. The number of rotatable bonds is 18. The number of carbonyl (C=O) groups excluding carboxylic acids is 1. The first-order valence-electron chi connectivity index (χ1n) is 11.3. The van der Waals surface area contributed by atoms with Gasteiger partial charge in [0.25, 0.3) is 0 Å². The van der Waals surface area contributed by atoms with Crippen LogP contribution in [0.15, 0.2) is 0 Å². The van der Waals surface area contributed by atoms with E-state index in [4.69, 9.17) is 36.4 Å². The van der Waals surface area contributed by atoms with Crippen molar-refractivity contribution in [3.8, 4) is 0 Å². The first-order valence-corrected chi connectivity index (χ1v) is 16.1. The van der Waals surface area contributed by atoms with Crippen LogP contribution in [0.3, 0.4) is 0 Å². The topological polar surface area (TPSA) is 102 Å². The molecule has 0 aromatic rings. The van der Waals surface area contributed by atoms with Crippen molar-refractivity contribution in [3.05, 3.63) is 0 Å². The average molecular weight is 517 g/mol. The van der Waals surface area contributed by atoms with Crippen LogP contribution in [-0.4, -0.2) is 93.5 Å². The van der Waals surface area contributed by atoms with Crippen molar-refractivity contribution in [2.75, 3.05) is 60.1 Å². The fourth-order valence-electron chi connectivity index (χ4n) is 2.84. The number of unbranched alkanes of at least 4 members (excludes halogenated alkanes) is 1. The van der Waals surface area contributed by atoms with Crippen molar-refractivity contribution in [1.29, 1.82) is 0 Å². The van der Waals surface area contributed by atoms with Gasteiger partial charge in [-0.1, -0.05) is 0 Å². The molecule has 0 bridgehead atoms. The first kappa shape index (κ1) is 32.0. The molecule has 1 rings (SSSR count). The highest BCUT2D eigenvalue weighted by Gasteiger charge is 2.48. The zero-order valence-corrected chi connectivity index (χ0v) is 23.7. The molecule has 0 aromatic carbocycles. The molecule has 0 saturated carbocycles. The van der Waals surface area contributed by atoms with Crippen LogP contribution in [0.1, 0.15) is 47.0 Å². The summed E-state index contributed by atoms with van der Waals surface area (Å²) in [5, 5.41) is 8.75. The van der Waals surface area contributed by atoms with Gasteiger partial charge in [0.05, 0.1) is 6.61 Å². The second-order valence-electron chi connectivity index (χ2n) is 7.22. The van der Waals surface area contributed by atoms with Gasteiger partial charge in [-0.25, -0.2) is 0 Å². The van der Waals surface area contributed by atoms with E-state index in [1.165, 1.54) is 0 Å². The lowest BCUT2D eigenvalue weighted by Crippen LogP contribution is -2.45. The minimum atomic E-state index is -2.52. The Kier molecular flexibility index (Phi) is 17.4. The summed E-state index contributed by atoms with van der Waals surface area (Å²) >= 11 is 1.62. The van der Waals surface area contributed by atoms with E-state index in [2.05, 4.69) is 0 Å². The van der Waals surface area contributed by atoms with E-state index in [-0.39, 0.29) is 17.3 Å². The maximum absolute atomic E-state index is 11.5. The Morgan fingerprint density at radius 2 is 1.34 bits per heavy atom. The monoisotopic (exact) mass is 516 g/mol. The van der Waals surface area contributed by atoms with Crippen LogP contribution in [0, 0.1) is 0 Å². The molecule has 0 amide bonds. The Morgan fingerprint density at radius 1 is 0.875 bits per heavy atom. The Labute approximate surface area is 200 Å². The number of ether oxygens (including phenoxy) is 1. The highest BCUT2D eigenvalue weighted by Crippen LogP contribution is 2.45. The zero-order valence-electron chi connectivity index (χ0n) is 20.9. The molecule has 12 heteroatoms. The van der Waals surface area contributed by atoms with Crippen molar-refractivity contribution in [1.82, 2.24) is 0 Å². The van der Waals surface area contributed by atoms with Crippen LogP contribution in [0.5, 0.6) is 0 Å². The summed E-state index contributed by atoms with van der Waals surface area (Å²) in [6.45, 7) is 10.2. The lowest BCUT2D eigenvalue weighted by atomic mass is 10.2. The van der Waals surface area contributed by atoms with E-state index in [1.54, 1.807) is 33.1 Å². The van der Waals surface area contributed by atoms with Crippen LogP contribution in [-0.2, 0) is 36.1 Å². The summed E-state index contributed by atoms with van der Waals surface area (Å²) in [4.78, 5) is 11.5. The number of esters is 1. The van der Waals surface area contributed by atoms with Crippen molar-refractivity contribution < 1.29 is 41.2 Å². The fraction of sp³-hybridized carbons (Fsp3) is 0.950. The Hall–Kier alpha value is -0.0262. The second-order valence-corrected chi connectivity index (χ2v) is 14.5. The van der Waals surface area contributed by atoms with E-state index in [9.17, 15) is 4.79 Å². The molecular formula is C20H44O9SSi2. The third kappa shape index (κ3) is 11.9. The standard InChI is InChI=1S/C10H20O5SSi.C10H24O4Si/c1-10(8-16-10)9(11)15-6-5-7-17(12-2,13-3)14-4;1-4-12-15(13-5-2,14-6-3)10-8-7-9-11/h5-8H2,1-4H3;11H,4-10H2,1-3H3. The molecule has 1 atom stereocenters. The van der Waals surface area contributed by atoms with E-state index in [1.807, 2.05) is 27.7 Å². The number of aliphatic hydroxyl groups is 1. The predicted molar refractivity (Wildman–Crippen MR) is 130 cm³/mol. The maximum atomic E-state index is 11.5. The summed E-state index contributed by atoms with van der Waals surface area (Å²) in [6.07, 6.45) is 2.36. The molecule has 1 unspecified atom stereocenters. The van der Waals surface area contributed by atoms with Gasteiger partial charge in [-0.2, -0.15) is 0 Å². The fourth-order valence-corrected chi connectivity index (χ4v) is 7.73. The number of hydrogen-bond acceptors (Lipinski definition) is 10. The molecule has 9 nitrogen and oxygen atoms in total. The second kappa shape index (κ2) is 17.4. The molecule has 1 N–H and O–H groups in total. The van der Waals surface area contributed by atoms with Gasteiger partial charge in [-0.15, -0.1) is 11.8 Å². The van der Waals surface area contributed by atoms with Crippen molar-refractivity contribution >= 4 is 35.3 Å². The zero-order chi connectivity index (χ0) is 24.5. The molecule has 0 spiro atoms. The number of aliphatic hydroxyl groups excluding tert-OH is 1. The minimum absolute atomic E-state index is 0.123. The molecular weight excluding hydrogens is 472 g/mol. The molecule has 1 aliphatic heterocycles. The van der Waals surface area contributed by atoms with E-state index >= 15 is 0 Å². The minimum Gasteiger partial charge on any atom is -0.465 e. The highest BCUT2D eigenvalue weighted by molar-refractivity contribution is 8.08.